The fourth-order valence-electron chi connectivity index (χ4n) is 1.98. The van der Waals surface area contributed by atoms with Gasteiger partial charge in [0.1, 0.15) is 11.9 Å². The number of anilines is 1. The Morgan fingerprint density at radius 1 is 1.62 bits per heavy atom. The van der Waals surface area contributed by atoms with Crippen LogP contribution in [0.15, 0.2) is 22.9 Å². The smallest absolute Gasteiger partial charge is 0.351 e. The van der Waals surface area contributed by atoms with Gasteiger partial charge in [-0.25, -0.2) is 13.6 Å². The topological polar surface area (TPSA) is 133 Å². The van der Waals surface area contributed by atoms with Crippen molar-refractivity contribution in [3.05, 3.63) is 34.1 Å². The minimum absolute atomic E-state index is 0.0578. The van der Waals surface area contributed by atoms with E-state index in [1.807, 2.05) is 0 Å². The van der Waals surface area contributed by atoms with Gasteiger partial charge in [0.05, 0.1) is 18.5 Å². The lowest BCUT2D eigenvalue weighted by Crippen LogP contribution is -2.31. The number of hydrogen-bond acceptors (Lipinski definition) is 6. The highest BCUT2D eigenvalue weighted by Gasteiger charge is 2.42. The number of alkyl halides is 1. The monoisotopic (exact) mass is 302 g/mol. The quantitative estimate of drug-likeness (QED) is 0.656. The van der Waals surface area contributed by atoms with Gasteiger partial charge in [0, 0.05) is 11.8 Å². The number of carbonyl (C=O) groups excluding carboxylic acids is 1. The lowest BCUT2D eigenvalue weighted by molar-refractivity contribution is -0.0322. The van der Waals surface area contributed by atoms with Crippen molar-refractivity contribution in [1.29, 1.82) is 0 Å². The van der Waals surface area contributed by atoms with E-state index in [4.69, 9.17) is 21.3 Å². The molecule has 0 radical (unpaired) electrons. The number of nitrogens with zero attached hydrogens (tertiary/aromatic N) is 2. The Hall–Kier alpha value is -2.33. The Labute approximate surface area is 116 Å². The van der Waals surface area contributed by atoms with E-state index in [0.717, 1.165) is 6.20 Å². The lowest BCUT2D eigenvalue weighted by Gasteiger charge is -2.15. The van der Waals surface area contributed by atoms with Crippen LogP contribution in [0.2, 0.25) is 0 Å². The van der Waals surface area contributed by atoms with Crippen molar-refractivity contribution in [3.8, 4) is 0 Å². The number of hydrogen-bond donors (Lipinski definition) is 3. The average molecular weight is 302 g/mol. The molecule has 1 aliphatic rings. The summed E-state index contributed by atoms with van der Waals surface area (Å²) in [6.45, 7) is -0.713. The van der Waals surface area contributed by atoms with Crippen molar-refractivity contribution < 1.29 is 23.4 Å². The van der Waals surface area contributed by atoms with E-state index < -0.39 is 48.1 Å². The zero-order chi connectivity index (χ0) is 15.7. The average Bonchev–Trinajstić information content (AvgIpc) is 2.74. The third-order valence-corrected chi connectivity index (χ3v) is 3.04. The summed E-state index contributed by atoms with van der Waals surface area (Å²) in [6, 6.07) is 0. The summed E-state index contributed by atoms with van der Waals surface area (Å²) < 4.78 is 32.4. The molecule has 1 aromatic heterocycles. The van der Waals surface area contributed by atoms with Crippen LogP contribution in [0.25, 0.3) is 0 Å². The second kappa shape index (κ2) is 5.58. The molecule has 3 unspecified atom stereocenters. The van der Waals surface area contributed by atoms with Crippen molar-refractivity contribution in [3.63, 3.8) is 0 Å². The SMILES string of the molecule is NC(=O)c1cn(C2OC(CO)C(F)/C2=C\F)c(=O)nc1N. The van der Waals surface area contributed by atoms with Gasteiger partial charge in [0.25, 0.3) is 5.91 Å². The molecule has 3 atom stereocenters. The predicted molar refractivity (Wildman–Crippen MR) is 66.5 cm³/mol. The Kier molecular flexibility index (Phi) is 4.00. The number of rotatable bonds is 3. The van der Waals surface area contributed by atoms with E-state index in [1.54, 1.807) is 0 Å². The van der Waals surface area contributed by atoms with Crippen molar-refractivity contribution in [1.82, 2.24) is 9.55 Å². The number of ether oxygens (including phenoxy) is 1. The van der Waals surface area contributed by atoms with Gasteiger partial charge in [-0.15, -0.1) is 0 Å². The number of halogens is 2. The van der Waals surface area contributed by atoms with Crippen LogP contribution in [0, 0.1) is 0 Å². The summed E-state index contributed by atoms with van der Waals surface area (Å²) in [6.07, 6.45) is -3.91. The maximum Gasteiger partial charge on any atom is 0.351 e. The summed E-state index contributed by atoms with van der Waals surface area (Å²) in [5.74, 6) is -1.36. The van der Waals surface area contributed by atoms with E-state index in [1.165, 1.54) is 0 Å². The minimum Gasteiger partial charge on any atom is -0.394 e. The van der Waals surface area contributed by atoms with Crippen LogP contribution in [0.4, 0.5) is 14.6 Å². The highest BCUT2D eigenvalue weighted by atomic mass is 19.1. The summed E-state index contributed by atoms with van der Waals surface area (Å²) in [5.41, 5.74) is 8.64. The molecule has 2 heterocycles. The highest BCUT2D eigenvalue weighted by molar-refractivity contribution is 5.96. The molecule has 10 heteroatoms. The number of aromatic nitrogens is 2. The second-order valence-electron chi connectivity index (χ2n) is 4.31. The summed E-state index contributed by atoms with van der Waals surface area (Å²) in [7, 11) is 0. The van der Waals surface area contributed by atoms with Gasteiger partial charge in [0.2, 0.25) is 0 Å². The zero-order valence-electron chi connectivity index (χ0n) is 10.6. The van der Waals surface area contributed by atoms with E-state index in [9.17, 15) is 18.4 Å². The summed E-state index contributed by atoms with van der Waals surface area (Å²) in [5, 5.41) is 8.96. The van der Waals surface area contributed by atoms with Gasteiger partial charge in [-0.3, -0.25) is 9.36 Å². The number of amides is 1. The number of nitrogen functional groups attached to an aromatic ring is 1. The minimum atomic E-state index is -1.94. The fourth-order valence-corrected chi connectivity index (χ4v) is 1.98. The Morgan fingerprint density at radius 3 is 2.81 bits per heavy atom. The molecule has 0 bridgehead atoms. The summed E-state index contributed by atoms with van der Waals surface area (Å²) >= 11 is 0. The second-order valence-corrected chi connectivity index (χ2v) is 4.31. The largest absolute Gasteiger partial charge is 0.394 e. The molecule has 0 spiro atoms. The number of nitrogens with two attached hydrogens (primary N) is 2. The third kappa shape index (κ3) is 2.50. The molecular weight excluding hydrogens is 290 g/mol. The number of aliphatic hydroxyl groups is 1. The van der Waals surface area contributed by atoms with Crippen LogP contribution in [0.1, 0.15) is 16.6 Å². The molecule has 1 aliphatic heterocycles. The number of carbonyl (C=O) groups is 1. The maximum atomic E-state index is 13.8. The normalized spacial score (nSPS) is 27.2. The van der Waals surface area contributed by atoms with E-state index in [0.29, 0.717) is 4.57 Å². The molecule has 2 rings (SSSR count). The molecule has 5 N–H and O–H groups in total. The number of aliphatic hydroxyl groups excluding tert-OH is 1. The fraction of sp³-hybridized carbons (Fsp3) is 0.364. The van der Waals surface area contributed by atoms with Gasteiger partial charge < -0.3 is 21.3 Å². The number of primary amides is 1. The molecule has 0 saturated carbocycles. The molecule has 0 aliphatic carbocycles. The Bertz CT molecular complexity index is 660. The maximum absolute atomic E-state index is 13.8. The van der Waals surface area contributed by atoms with Crippen LogP contribution in [-0.2, 0) is 4.74 Å². The molecule has 1 fully saturated rings. The molecule has 8 nitrogen and oxygen atoms in total. The van der Waals surface area contributed by atoms with E-state index >= 15 is 0 Å². The van der Waals surface area contributed by atoms with Crippen molar-refractivity contribution >= 4 is 11.7 Å². The first-order chi connectivity index (χ1) is 9.90. The first-order valence-electron chi connectivity index (χ1n) is 5.79. The Morgan fingerprint density at radius 2 is 2.29 bits per heavy atom. The first kappa shape index (κ1) is 15.1. The van der Waals surface area contributed by atoms with Gasteiger partial charge in [0.15, 0.2) is 12.4 Å². The van der Waals surface area contributed by atoms with E-state index in [-0.39, 0.29) is 11.9 Å². The predicted octanol–water partition coefficient (Wildman–Crippen LogP) is -0.994. The van der Waals surface area contributed by atoms with Crippen LogP contribution in [0.3, 0.4) is 0 Å². The van der Waals surface area contributed by atoms with Crippen LogP contribution in [-0.4, -0.2) is 39.4 Å². The molecular formula is C11H12F2N4O4. The lowest BCUT2D eigenvalue weighted by atomic mass is 10.1. The summed E-state index contributed by atoms with van der Waals surface area (Å²) in [4.78, 5) is 26.3. The van der Waals surface area contributed by atoms with Crippen LogP contribution >= 0.6 is 0 Å². The van der Waals surface area contributed by atoms with E-state index in [2.05, 4.69) is 4.98 Å². The Balaban J connectivity index is 2.54. The standard InChI is InChI=1S/C11H12F2N4O4/c12-1-4-7(13)6(3-18)21-10(4)17-2-5(9(15)19)8(14)16-11(17)20/h1-2,6-7,10,18H,3H2,(H2,15,19)(H2,14,16,20)/b4-1+. The van der Waals surface area contributed by atoms with Crippen molar-refractivity contribution in [2.24, 2.45) is 5.73 Å². The van der Waals surface area contributed by atoms with Gasteiger partial charge in [-0.2, -0.15) is 4.98 Å². The third-order valence-electron chi connectivity index (χ3n) is 3.04. The molecule has 1 amide bonds. The molecule has 1 aromatic rings. The first-order valence-corrected chi connectivity index (χ1v) is 5.79. The van der Waals surface area contributed by atoms with Crippen molar-refractivity contribution in [2.45, 2.75) is 18.5 Å². The van der Waals surface area contributed by atoms with Crippen molar-refractivity contribution in [2.75, 3.05) is 12.3 Å². The molecule has 1 saturated heterocycles. The zero-order valence-corrected chi connectivity index (χ0v) is 10.6. The molecule has 21 heavy (non-hydrogen) atoms. The van der Waals surface area contributed by atoms with Crippen LogP contribution < -0.4 is 17.2 Å². The molecule has 0 aromatic carbocycles. The van der Waals surface area contributed by atoms with Crippen LogP contribution in [0.5, 0.6) is 0 Å². The molecule has 114 valence electrons. The van der Waals surface area contributed by atoms with Gasteiger partial charge in [-0.05, 0) is 0 Å². The van der Waals surface area contributed by atoms with Gasteiger partial charge in [-0.1, -0.05) is 0 Å². The van der Waals surface area contributed by atoms with Gasteiger partial charge >= 0.3 is 5.69 Å². The highest BCUT2D eigenvalue weighted by Crippen LogP contribution is 2.35.